The third-order valence-electron chi connectivity index (χ3n) is 3.66. The lowest BCUT2D eigenvalue weighted by Crippen LogP contribution is -2.43. The van der Waals surface area contributed by atoms with E-state index in [0.717, 1.165) is 12.8 Å². The summed E-state index contributed by atoms with van der Waals surface area (Å²) >= 11 is 0. The zero-order valence-electron chi connectivity index (χ0n) is 17.5. The molecule has 1 aromatic rings. The van der Waals surface area contributed by atoms with Gasteiger partial charge < -0.3 is 20.1 Å². The molecule has 1 aromatic carbocycles. The number of carbonyl (C=O) groups is 1. The Kier molecular flexibility index (Phi) is 5.98. The Balaban J connectivity index is 2.39. The van der Waals surface area contributed by atoms with Gasteiger partial charge in [-0.2, -0.15) is 26.3 Å². The first-order chi connectivity index (χ1) is 14.3. The Bertz CT molecular complexity index is 799. The lowest BCUT2D eigenvalue weighted by atomic mass is 10.0. The van der Waals surface area contributed by atoms with Gasteiger partial charge in [0.1, 0.15) is 11.5 Å². The van der Waals surface area contributed by atoms with Crippen molar-refractivity contribution in [1.82, 2.24) is 10.6 Å². The monoisotopic (exact) mass is 417 g/mol. The number of hydrogen-bond donors (Lipinski definition) is 2. The van der Waals surface area contributed by atoms with Crippen LogP contribution in [0.3, 0.4) is 0 Å². The number of benzene rings is 1. The van der Waals surface area contributed by atoms with Crippen molar-refractivity contribution in [2.24, 2.45) is 0 Å². The van der Waals surface area contributed by atoms with Crippen LogP contribution in [0.2, 0.25) is 0 Å². The largest absolute Gasteiger partial charge is 0.484 e. The number of halogens is 6. The Morgan fingerprint density at radius 3 is 2.43 bits per heavy atom. The number of alkyl halides is 6. The van der Waals surface area contributed by atoms with Crippen molar-refractivity contribution in [3.8, 4) is 11.5 Å². The molecule has 0 aliphatic carbocycles. The Hall–Kier alpha value is -2.17. The number of amides is 1. The molecule has 0 bridgehead atoms. The molecule has 1 heterocycles. The molecule has 158 valence electrons. The molecule has 1 saturated heterocycles. The molecule has 2 rings (SSSR count). The second-order valence-corrected chi connectivity index (χ2v) is 6.07. The van der Waals surface area contributed by atoms with Crippen LogP contribution in [0, 0.1) is 0 Å². The van der Waals surface area contributed by atoms with Crippen LogP contribution in [0.4, 0.5) is 26.3 Å². The molecule has 1 aliphatic rings. The van der Waals surface area contributed by atoms with Crippen LogP contribution >= 0.6 is 0 Å². The SMILES string of the molecule is [2H]c1c([2H])c(OCC(F)(F)F)c(C(=O)NCC2CCCCN2)c([2H])c1OCC(F)(F)F. The van der Waals surface area contributed by atoms with Gasteiger partial charge in [-0.3, -0.25) is 4.79 Å². The predicted molar refractivity (Wildman–Crippen MR) is 87.5 cm³/mol. The number of nitrogens with one attached hydrogen (secondary N) is 2. The van der Waals surface area contributed by atoms with Gasteiger partial charge >= 0.3 is 12.4 Å². The molecule has 2 N–H and O–H groups in total. The summed E-state index contributed by atoms with van der Waals surface area (Å²) < 4.78 is 108. The molecule has 1 fully saturated rings. The zero-order chi connectivity index (χ0) is 23.4. The van der Waals surface area contributed by atoms with Gasteiger partial charge in [-0.25, -0.2) is 0 Å². The number of carbonyl (C=O) groups excluding carboxylic acids is 1. The van der Waals surface area contributed by atoms with E-state index in [-0.39, 0.29) is 12.6 Å². The Morgan fingerprint density at radius 1 is 1.14 bits per heavy atom. The first-order valence-electron chi connectivity index (χ1n) is 9.84. The summed E-state index contributed by atoms with van der Waals surface area (Å²) in [6, 6.07) is -3.41. The average Bonchev–Trinajstić information content (AvgIpc) is 2.67. The third kappa shape index (κ3) is 7.83. The minimum atomic E-state index is -4.86. The van der Waals surface area contributed by atoms with Crippen LogP contribution in [-0.2, 0) is 0 Å². The van der Waals surface area contributed by atoms with Crippen LogP contribution in [0.1, 0.15) is 33.7 Å². The normalized spacial score (nSPS) is 19.4. The summed E-state index contributed by atoms with van der Waals surface area (Å²) in [7, 11) is 0. The van der Waals surface area contributed by atoms with E-state index in [9.17, 15) is 31.1 Å². The van der Waals surface area contributed by atoms with Crippen LogP contribution < -0.4 is 20.1 Å². The minimum absolute atomic E-state index is 0.0334. The van der Waals surface area contributed by atoms with E-state index >= 15 is 0 Å². The first-order valence-corrected chi connectivity index (χ1v) is 8.34. The van der Waals surface area contributed by atoms with E-state index in [1.165, 1.54) is 0 Å². The molecule has 1 unspecified atom stereocenters. The first kappa shape index (κ1) is 17.9. The van der Waals surface area contributed by atoms with Crippen LogP contribution in [-0.4, -0.2) is 50.6 Å². The minimum Gasteiger partial charge on any atom is -0.484 e. The van der Waals surface area contributed by atoms with Gasteiger partial charge in [-0.05, 0) is 37.5 Å². The van der Waals surface area contributed by atoms with Gasteiger partial charge in [0.15, 0.2) is 13.2 Å². The summed E-state index contributed by atoms with van der Waals surface area (Å²) in [5.41, 5.74) is -0.904. The molecular formula is C17H20F6N2O3. The molecule has 1 atom stereocenters. The molecule has 1 aliphatic heterocycles. The standard InChI is InChI=1S/C17H20F6N2O3/c18-16(19,20)9-27-12-4-5-14(28-10-17(21,22)23)13(7-12)15(26)25-8-11-3-1-2-6-24-11/h4-5,7,11,24H,1-3,6,8-10H2,(H,25,26)/i4D,5D,7D. The van der Waals surface area contributed by atoms with E-state index in [1.807, 2.05) is 0 Å². The van der Waals surface area contributed by atoms with Crippen molar-refractivity contribution in [3.63, 3.8) is 0 Å². The maximum absolute atomic E-state index is 12.6. The van der Waals surface area contributed by atoms with Gasteiger partial charge in [0, 0.05) is 12.6 Å². The molecule has 0 radical (unpaired) electrons. The summed E-state index contributed by atoms with van der Waals surface area (Å²) in [5, 5.41) is 5.50. The van der Waals surface area contributed by atoms with E-state index in [1.54, 1.807) is 0 Å². The number of piperidine rings is 1. The van der Waals surface area contributed by atoms with Crippen molar-refractivity contribution in [1.29, 1.82) is 0 Å². The van der Waals surface area contributed by atoms with Crippen molar-refractivity contribution < 1.29 is 44.7 Å². The number of hydrogen-bond acceptors (Lipinski definition) is 4. The van der Waals surface area contributed by atoms with E-state index in [0.29, 0.717) is 13.0 Å². The lowest BCUT2D eigenvalue weighted by Gasteiger charge is -2.24. The second-order valence-electron chi connectivity index (χ2n) is 6.07. The van der Waals surface area contributed by atoms with E-state index in [2.05, 4.69) is 20.1 Å². The lowest BCUT2D eigenvalue weighted by molar-refractivity contribution is -0.154. The van der Waals surface area contributed by atoms with Crippen molar-refractivity contribution in [3.05, 3.63) is 23.7 Å². The van der Waals surface area contributed by atoms with Crippen molar-refractivity contribution in [2.75, 3.05) is 26.3 Å². The average molecular weight is 417 g/mol. The van der Waals surface area contributed by atoms with Gasteiger partial charge in [0.2, 0.25) is 0 Å². The number of ether oxygens (including phenoxy) is 2. The van der Waals surface area contributed by atoms with Crippen LogP contribution in [0.5, 0.6) is 11.5 Å². The fourth-order valence-electron chi connectivity index (χ4n) is 2.43. The van der Waals surface area contributed by atoms with E-state index < -0.39 is 66.7 Å². The predicted octanol–water partition coefficient (Wildman–Crippen LogP) is 3.44. The second kappa shape index (κ2) is 9.35. The van der Waals surface area contributed by atoms with Crippen molar-refractivity contribution >= 4 is 5.91 Å². The maximum Gasteiger partial charge on any atom is 0.422 e. The highest BCUT2D eigenvalue weighted by Crippen LogP contribution is 2.28. The highest BCUT2D eigenvalue weighted by Gasteiger charge is 2.30. The molecule has 1 amide bonds. The molecule has 0 saturated carbocycles. The molecule has 0 aromatic heterocycles. The maximum atomic E-state index is 12.6. The molecule has 11 heteroatoms. The van der Waals surface area contributed by atoms with Gasteiger partial charge in [-0.15, -0.1) is 0 Å². The van der Waals surface area contributed by atoms with E-state index in [4.69, 9.17) is 4.11 Å². The Morgan fingerprint density at radius 2 is 1.82 bits per heavy atom. The van der Waals surface area contributed by atoms with Crippen molar-refractivity contribution in [2.45, 2.75) is 37.7 Å². The molecule has 0 spiro atoms. The fraction of sp³-hybridized carbons (Fsp3) is 0.588. The summed E-state index contributed by atoms with van der Waals surface area (Å²) in [4.78, 5) is 12.6. The molecule has 28 heavy (non-hydrogen) atoms. The third-order valence-corrected chi connectivity index (χ3v) is 3.66. The zero-order valence-corrected chi connectivity index (χ0v) is 14.5. The van der Waals surface area contributed by atoms with Gasteiger partial charge in [0.05, 0.1) is 9.68 Å². The molecule has 5 nitrogen and oxygen atoms in total. The van der Waals surface area contributed by atoms with Crippen LogP contribution in [0.15, 0.2) is 18.1 Å². The summed E-state index contributed by atoms with van der Waals surface area (Å²) in [6.45, 7) is -3.11. The van der Waals surface area contributed by atoms with Crippen LogP contribution in [0.25, 0.3) is 0 Å². The quantitative estimate of drug-likeness (QED) is 0.668. The smallest absolute Gasteiger partial charge is 0.422 e. The molecular weight excluding hydrogens is 394 g/mol. The van der Waals surface area contributed by atoms with Gasteiger partial charge in [0.25, 0.3) is 5.91 Å². The summed E-state index contributed by atoms with van der Waals surface area (Å²) in [6.07, 6.45) is -7.18. The summed E-state index contributed by atoms with van der Waals surface area (Å²) in [5.74, 6) is -3.21. The number of rotatable bonds is 7. The highest BCUT2D eigenvalue weighted by molar-refractivity contribution is 5.97. The Labute approximate surface area is 161 Å². The van der Waals surface area contributed by atoms with Gasteiger partial charge in [-0.1, -0.05) is 6.42 Å². The topological polar surface area (TPSA) is 59.6 Å². The highest BCUT2D eigenvalue weighted by atomic mass is 19.4. The fourth-order valence-corrected chi connectivity index (χ4v) is 2.43.